The summed E-state index contributed by atoms with van der Waals surface area (Å²) >= 11 is 2.99. The van der Waals surface area contributed by atoms with Gasteiger partial charge in [-0.25, -0.2) is 18.4 Å². The van der Waals surface area contributed by atoms with Gasteiger partial charge in [-0.15, -0.1) is 11.3 Å². The van der Waals surface area contributed by atoms with E-state index in [1.807, 2.05) is 18.4 Å². The van der Waals surface area contributed by atoms with Gasteiger partial charge in [0.1, 0.15) is 0 Å². The number of anilines is 1. The maximum atomic E-state index is 13.1. The molecule has 0 saturated carbocycles. The Balaban J connectivity index is 1.57. The molecule has 1 saturated heterocycles. The molecule has 3 aromatic rings. The minimum Gasteiger partial charge on any atom is -0.319 e. The molecule has 0 N–H and O–H groups in total. The zero-order chi connectivity index (χ0) is 22.9. The Morgan fingerprint density at radius 1 is 1.22 bits per heavy atom. The Morgan fingerprint density at radius 2 is 1.97 bits per heavy atom. The van der Waals surface area contributed by atoms with Gasteiger partial charge in [-0.2, -0.15) is 4.31 Å². The molecule has 1 aliphatic heterocycles. The van der Waals surface area contributed by atoms with E-state index in [1.54, 1.807) is 35.2 Å². The Labute approximate surface area is 196 Å². The number of benzene rings is 1. The number of hydrogen-bond donors (Lipinski definition) is 0. The lowest BCUT2D eigenvalue weighted by atomic mass is 10.2. The van der Waals surface area contributed by atoms with Crippen molar-refractivity contribution in [1.29, 1.82) is 0 Å². The van der Waals surface area contributed by atoms with Gasteiger partial charge in [0.05, 0.1) is 21.6 Å². The number of fused-ring (bicyclic) bond motifs is 1. The Kier molecular flexibility index (Phi) is 6.89. The molecule has 4 rings (SSSR count). The van der Waals surface area contributed by atoms with E-state index in [-0.39, 0.29) is 5.91 Å². The predicted octanol–water partition coefficient (Wildman–Crippen LogP) is 3.96. The summed E-state index contributed by atoms with van der Waals surface area (Å²) in [4.78, 5) is 22.7. The van der Waals surface area contributed by atoms with E-state index in [9.17, 15) is 13.2 Å². The van der Waals surface area contributed by atoms with Crippen molar-refractivity contribution >= 4 is 55.2 Å². The first-order valence-corrected chi connectivity index (χ1v) is 13.9. The first-order chi connectivity index (χ1) is 15.3. The van der Waals surface area contributed by atoms with Crippen molar-refractivity contribution in [3.8, 4) is 0 Å². The van der Waals surface area contributed by atoms with E-state index >= 15 is 0 Å². The molecule has 0 bridgehead atoms. The van der Waals surface area contributed by atoms with Crippen LogP contribution in [0.15, 0.2) is 33.6 Å². The number of amides is 1. The van der Waals surface area contributed by atoms with Gasteiger partial charge in [-0.3, -0.25) is 9.69 Å². The van der Waals surface area contributed by atoms with Crippen molar-refractivity contribution in [2.75, 3.05) is 25.0 Å². The highest BCUT2D eigenvalue weighted by atomic mass is 32.2. The highest BCUT2D eigenvalue weighted by Crippen LogP contribution is 2.30. The van der Waals surface area contributed by atoms with E-state index in [0.29, 0.717) is 34.4 Å². The third kappa shape index (κ3) is 4.57. The molecule has 2 aromatic heterocycles. The number of thioether (sulfide) groups is 1. The second-order valence-electron chi connectivity index (χ2n) is 7.74. The molecule has 0 unspecified atom stereocenters. The van der Waals surface area contributed by atoms with Crippen molar-refractivity contribution in [1.82, 2.24) is 18.8 Å². The van der Waals surface area contributed by atoms with Gasteiger partial charge in [-0.05, 0) is 38.0 Å². The van der Waals surface area contributed by atoms with E-state index in [4.69, 9.17) is 4.98 Å². The van der Waals surface area contributed by atoms with Crippen LogP contribution >= 0.6 is 23.1 Å². The zero-order valence-corrected chi connectivity index (χ0v) is 20.9. The lowest BCUT2D eigenvalue weighted by Gasteiger charge is -2.25. The second-order valence-corrected chi connectivity index (χ2v) is 11.5. The van der Waals surface area contributed by atoms with Gasteiger partial charge >= 0.3 is 0 Å². The molecule has 172 valence electrons. The van der Waals surface area contributed by atoms with Crippen molar-refractivity contribution in [2.24, 2.45) is 0 Å². The monoisotopic (exact) mass is 493 g/mol. The first kappa shape index (κ1) is 23.2. The first-order valence-electron chi connectivity index (χ1n) is 10.6. The number of thiazole rings is 1. The molecule has 1 aliphatic rings. The number of aryl methyl sites for hydroxylation is 1. The second kappa shape index (κ2) is 9.50. The molecule has 0 atom stereocenters. The van der Waals surface area contributed by atoms with Crippen LogP contribution in [-0.2, 0) is 27.1 Å². The van der Waals surface area contributed by atoms with Crippen molar-refractivity contribution in [3.05, 3.63) is 29.3 Å². The topological polar surface area (TPSA) is 88.4 Å². The van der Waals surface area contributed by atoms with Crippen LogP contribution in [0, 0.1) is 0 Å². The zero-order valence-electron chi connectivity index (χ0n) is 18.4. The summed E-state index contributed by atoms with van der Waals surface area (Å²) in [6.07, 6.45) is 2.90. The average molecular weight is 494 g/mol. The van der Waals surface area contributed by atoms with Crippen molar-refractivity contribution < 1.29 is 13.2 Å². The number of carbonyl (C=O) groups is 1. The summed E-state index contributed by atoms with van der Waals surface area (Å²) in [5.41, 5.74) is 2.48. The molecule has 0 radical (unpaired) electrons. The summed E-state index contributed by atoms with van der Waals surface area (Å²) in [5, 5.41) is 3.44. The number of rotatable bonds is 7. The fourth-order valence-electron chi connectivity index (χ4n) is 3.71. The Hall–Kier alpha value is -1.95. The summed E-state index contributed by atoms with van der Waals surface area (Å²) in [5.74, 6) is 0.562. The number of imidazole rings is 1. The minimum absolute atomic E-state index is 0.0540. The van der Waals surface area contributed by atoms with Crippen LogP contribution in [0.5, 0.6) is 0 Å². The van der Waals surface area contributed by atoms with Gasteiger partial charge in [-0.1, -0.05) is 18.2 Å². The quantitative estimate of drug-likeness (QED) is 0.463. The lowest BCUT2D eigenvalue weighted by molar-refractivity contribution is -0.116. The van der Waals surface area contributed by atoms with Crippen LogP contribution in [0.3, 0.4) is 0 Å². The normalized spacial score (nSPS) is 15.3. The molecule has 1 fully saturated rings. The molecule has 3 heterocycles. The Bertz CT molecular complexity index is 1230. The predicted molar refractivity (Wildman–Crippen MR) is 129 cm³/mol. The van der Waals surface area contributed by atoms with E-state index in [1.165, 1.54) is 23.2 Å². The molecule has 32 heavy (non-hydrogen) atoms. The summed E-state index contributed by atoms with van der Waals surface area (Å²) < 4.78 is 29.8. The fourth-order valence-corrected chi connectivity index (χ4v) is 7.16. The molecule has 11 heteroatoms. The molecule has 1 aromatic carbocycles. The van der Waals surface area contributed by atoms with Gasteiger partial charge in [0.2, 0.25) is 15.9 Å². The lowest BCUT2D eigenvalue weighted by Crippen LogP contribution is -2.35. The summed E-state index contributed by atoms with van der Waals surface area (Å²) in [7, 11) is -1.78. The maximum Gasteiger partial charge on any atom is 0.243 e. The van der Waals surface area contributed by atoms with Gasteiger partial charge in [0, 0.05) is 44.7 Å². The van der Waals surface area contributed by atoms with Crippen LogP contribution in [0.25, 0.3) is 11.0 Å². The van der Waals surface area contributed by atoms with E-state index < -0.39 is 10.0 Å². The molecule has 8 nitrogen and oxygen atoms in total. The number of piperidine rings is 1. The van der Waals surface area contributed by atoms with E-state index in [2.05, 4.69) is 9.55 Å². The summed E-state index contributed by atoms with van der Waals surface area (Å²) in [6.45, 7) is 5.45. The van der Waals surface area contributed by atoms with Crippen LogP contribution < -0.4 is 4.90 Å². The highest BCUT2D eigenvalue weighted by molar-refractivity contribution is 7.98. The van der Waals surface area contributed by atoms with Gasteiger partial charge in [0.25, 0.3) is 0 Å². The minimum atomic E-state index is -3.50. The van der Waals surface area contributed by atoms with Crippen LogP contribution in [0.2, 0.25) is 0 Å². The maximum absolute atomic E-state index is 13.1. The molecular formula is C21H27N5O3S3. The molecule has 1 amide bonds. The third-order valence-electron chi connectivity index (χ3n) is 5.60. The largest absolute Gasteiger partial charge is 0.319 e. The van der Waals surface area contributed by atoms with E-state index in [0.717, 1.165) is 42.2 Å². The molecular weight excluding hydrogens is 466 g/mol. The number of aromatic nitrogens is 3. The smallest absolute Gasteiger partial charge is 0.243 e. The number of nitrogens with zero attached hydrogens (tertiary/aromatic N) is 5. The SMILES string of the molecule is CCn1c(SCc2csc(N(C)C(C)=O)n2)nc2cc(S(=O)(=O)N3CCCCC3)ccc21. The van der Waals surface area contributed by atoms with Crippen molar-refractivity contribution in [2.45, 2.75) is 55.5 Å². The molecule has 0 spiro atoms. The van der Waals surface area contributed by atoms with Crippen molar-refractivity contribution in [3.63, 3.8) is 0 Å². The van der Waals surface area contributed by atoms with Gasteiger partial charge < -0.3 is 4.57 Å². The number of hydrogen-bond acceptors (Lipinski definition) is 7. The average Bonchev–Trinajstić information content (AvgIpc) is 3.41. The number of sulfonamides is 1. The summed E-state index contributed by atoms with van der Waals surface area (Å²) in [6, 6.07) is 5.24. The third-order valence-corrected chi connectivity index (χ3v) is 9.47. The fraction of sp³-hybridized carbons (Fsp3) is 0.476. The van der Waals surface area contributed by atoms with Crippen LogP contribution in [0.1, 0.15) is 38.8 Å². The highest BCUT2D eigenvalue weighted by Gasteiger charge is 2.26. The van der Waals surface area contributed by atoms with Crippen LogP contribution in [0.4, 0.5) is 5.13 Å². The standard InChI is InChI=1S/C21H27N5O3S3/c1-4-26-19-9-8-17(32(28,29)25-10-6-5-7-11-25)12-18(19)23-21(26)31-14-16-13-30-20(22-16)24(3)15(2)27/h8-9,12-13H,4-7,10-11,14H2,1-3H3. The number of carbonyl (C=O) groups excluding carboxylic acids is 1. The van der Waals surface area contributed by atoms with Crippen LogP contribution in [-0.4, -0.2) is 53.3 Å². The van der Waals surface area contributed by atoms with Gasteiger partial charge in [0.15, 0.2) is 10.3 Å². The Morgan fingerprint density at radius 3 is 2.66 bits per heavy atom. The molecule has 0 aliphatic carbocycles.